The highest BCUT2D eigenvalue weighted by Gasteiger charge is 2.08. The normalized spacial score (nSPS) is 10.2. The van der Waals surface area contributed by atoms with Crippen molar-refractivity contribution in [2.24, 2.45) is 0 Å². The highest BCUT2D eigenvalue weighted by molar-refractivity contribution is 7.99. The summed E-state index contributed by atoms with van der Waals surface area (Å²) in [5.41, 5.74) is 0. The lowest BCUT2D eigenvalue weighted by molar-refractivity contribution is 0.466. The van der Waals surface area contributed by atoms with Crippen LogP contribution >= 0.6 is 23.1 Å². The van der Waals surface area contributed by atoms with Crippen molar-refractivity contribution < 1.29 is 4.42 Å². The fourth-order valence-corrected chi connectivity index (χ4v) is 2.42. The molecule has 4 nitrogen and oxygen atoms in total. The molecule has 0 spiro atoms. The summed E-state index contributed by atoms with van der Waals surface area (Å²) in [4.78, 5) is 0.983. The van der Waals surface area contributed by atoms with Crippen LogP contribution in [0.4, 0.5) is 0 Å². The standard InChI is InChI=1S/C10H9N3OS2/c11-5-1-2-6-16-10-13-12-9(14-10)8-4-3-7-15-8/h3-4,7H,1-2,6H2. The van der Waals surface area contributed by atoms with Gasteiger partial charge in [0.2, 0.25) is 0 Å². The topological polar surface area (TPSA) is 62.7 Å². The Morgan fingerprint density at radius 2 is 2.44 bits per heavy atom. The Balaban J connectivity index is 1.91. The van der Waals surface area contributed by atoms with E-state index in [0.717, 1.165) is 17.1 Å². The van der Waals surface area contributed by atoms with E-state index >= 15 is 0 Å². The van der Waals surface area contributed by atoms with Gasteiger partial charge < -0.3 is 4.42 Å². The van der Waals surface area contributed by atoms with Gasteiger partial charge in [0.25, 0.3) is 11.1 Å². The molecule has 2 aromatic rings. The maximum absolute atomic E-state index is 8.38. The van der Waals surface area contributed by atoms with Crippen LogP contribution in [0.5, 0.6) is 0 Å². The predicted molar refractivity (Wildman–Crippen MR) is 63.2 cm³/mol. The van der Waals surface area contributed by atoms with Crippen molar-refractivity contribution in [3.63, 3.8) is 0 Å². The number of rotatable bonds is 5. The lowest BCUT2D eigenvalue weighted by Crippen LogP contribution is -1.78. The van der Waals surface area contributed by atoms with Gasteiger partial charge >= 0.3 is 0 Å². The molecular formula is C10H9N3OS2. The van der Waals surface area contributed by atoms with Crippen molar-refractivity contribution in [2.75, 3.05) is 5.75 Å². The van der Waals surface area contributed by atoms with Crippen LogP contribution in [0.2, 0.25) is 0 Å². The highest BCUT2D eigenvalue weighted by Crippen LogP contribution is 2.26. The summed E-state index contributed by atoms with van der Waals surface area (Å²) >= 11 is 3.06. The summed E-state index contributed by atoms with van der Waals surface area (Å²) in [6.07, 6.45) is 1.41. The maximum Gasteiger partial charge on any atom is 0.276 e. The first-order valence-corrected chi connectivity index (χ1v) is 6.64. The van der Waals surface area contributed by atoms with Crippen LogP contribution in [0.15, 0.2) is 27.2 Å². The lowest BCUT2D eigenvalue weighted by Gasteiger charge is -1.91. The molecule has 0 aliphatic carbocycles. The zero-order chi connectivity index (χ0) is 11.2. The van der Waals surface area contributed by atoms with E-state index in [1.165, 1.54) is 11.8 Å². The first-order valence-electron chi connectivity index (χ1n) is 4.77. The van der Waals surface area contributed by atoms with Crippen LogP contribution in [0, 0.1) is 11.3 Å². The van der Waals surface area contributed by atoms with E-state index in [9.17, 15) is 0 Å². The fraction of sp³-hybridized carbons (Fsp3) is 0.300. The van der Waals surface area contributed by atoms with Gasteiger partial charge in [-0.1, -0.05) is 17.8 Å². The molecule has 16 heavy (non-hydrogen) atoms. The van der Waals surface area contributed by atoms with E-state index in [1.807, 2.05) is 17.5 Å². The summed E-state index contributed by atoms with van der Waals surface area (Å²) in [6, 6.07) is 6.00. The molecule has 0 aromatic carbocycles. The van der Waals surface area contributed by atoms with Gasteiger partial charge in [-0.05, 0) is 17.9 Å². The van der Waals surface area contributed by atoms with Gasteiger partial charge in [0, 0.05) is 12.2 Å². The first-order chi connectivity index (χ1) is 7.90. The minimum Gasteiger partial charge on any atom is -0.410 e. The third-order valence-electron chi connectivity index (χ3n) is 1.80. The Bertz CT molecular complexity index is 472. The molecule has 0 unspecified atom stereocenters. The molecule has 2 aromatic heterocycles. The van der Waals surface area contributed by atoms with E-state index in [1.54, 1.807) is 11.3 Å². The third kappa shape index (κ3) is 2.84. The molecule has 0 saturated carbocycles. The largest absolute Gasteiger partial charge is 0.410 e. The fourth-order valence-electron chi connectivity index (χ4n) is 1.08. The molecule has 2 heterocycles. The summed E-state index contributed by atoms with van der Waals surface area (Å²) in [5, 5.41) is 18.8. The predicted octanol–water partition coefficient (Wildman–Crippen LogP) is 3.19. The number of hydrogen-bond donors (Lipinski definition) is 0. The molecule has 0 atom stereocenters. The van der Waals surface area contributed by atoms with Crippen LogP contribution in [0.1, 0.15) is 12.8 Å². The molecule has 6 heteroatoms. The molecule has 0 aliphatic heterocycles. The van der Waals surface area contributed by atoms with Crippen molar-refractivity contribution in [3.8, 4) is 16.8 Å². The number of hydrogen-bond acceptors (Lipinski definition) is 6. The van der Waals surface area contributed by atoms with Crippen LogP contribution < -0.4 is 0 Å². The Morgan fingerprint density at radius 3 is 3.19 bits per heavy atom. The second kappa shape index (κ2) is 5.68. The molecule has 2 rings (SSSR count). The van der Waals surface area contributed by atoms with Crippen molar-refractivity contribution in [2.45, 2.75) is 18.1 Å². The van der Waals surface area contributed by atoms with E-state index in [2.05, 4.69) is 16.3 Å². The van der Waals surface area contributed by atoms with Gasteiger partial charge in [0.15, 0.2) is 0 Å². The van der Waals surface area contributed by atoms with Crippen LogP contribution in [0.3, 0.4) is 0 Å². The summed E-state index contributed by atoms with van der Waals surface area (Å²) in [6.45, 7) is 0. The first kappa shape index (κ1) is 11.2. The van der Waals surface area contributed by atoms with Crippen molar-refractivity contribution >= 4 is 23.1 Å². The molecule has 0 bridgehead atoms. The van der Waals surface area contributed by atoms with E-state index in [-0.39, 0.29) is 0 Å². The Hall–Kier alpha value is -1.32. The second-order valence-corrected chi connectivity index (χ2v) is 4.95. The zero-order valence-corrected chi connectivity index (χ0v) is 10.1. The maximum atomic E-state index is 8.38. The number of nitriles is 1. The average Bonchev–Trinajstić information content (AvgIpc) is 2.94. The number of thioether (sulfide) groups is 1. The monoisotopic (exact) mass is 251 g/mol. The molecule has 0 aliphatic rings. The Labute approximate surface area is 101 Å². The molecule has 0 saturated heterocycles. The number of unbranched alkanes of at least 4 members (excludes halogenated alkanes) is 1. The third-order valence-corrected chi connectivity index (χ3v) is 3.56. The van der Waals surface area contributed by atoms with Gasteiger partial charge in [0.1, 0.15) is 0 Å². The minimum absolute atomic E-state index is 0.567. The second-order valence-electron chi connectivity index (χ2n) is 2.96. The number of nitrogens with zero attached hydrogens (tertiary/aromatic N) is 3. The van der Waals surface area contributed by atoms with Crippen molar-refractivity contribution in [1.29, 1.82) is 5.26 Å². The van der Waals surface area contributed by atoms with Crippen molar-refractivity contribution in [3.05, 3.63) is 17.5 Å². The van der Waals surface area contributed by atoms with Crippen LogP contribution in [0.25, 0.3) is 10.8 Å². The van der Waals surface area contributed by atoms with Gasteiger partial charge in [0.05, 0.1) is 10.9 Å². The molecule has 0 amide bonds. The Kier molecular flexibility index (Phi) is 3.97. The van der Waals surface area contributed by atoms with Crippen LogP contribution in [-0.4, -0.2) is 16.0 Å². The molecular weight excluding hydrogens is 242 g/mol. The van der Waals surface area contributed by atoms with Crippen LogP contribution in [-0.2, 0) is 0 Å². The minimum atomic E-state index is 0.567. The lowest BCUT2D eigenvalue weighted by atomic mass is 10.4. The molecule has 0 N–H and O–H groups in total. The molecule has 0 radical (unpaired) electrons. The van der Waals surface area contributed by atoms with Gasteiger partial charge in [-0.2, -0.15) is 5.26 Å². The number of thiophene rings is 1. The Morgan fingerprint density at radius 1 is 1.50 bits per heavy atom. The SMILES string of the molecule is N#CCCCSc1nnc(-c2cccs2)o1. The smallest absolute Gasteiger partial charge is 0.276 e. The van der Waals surface area contributed by atoms with Gasteiger partial charge in [-0.25, -0.2) is 0 Å². The van der Waals surface area contributed by atoms with Gasteiger partial charge in [-0.15, -0.1) is 21.5 Å². The van der Waals surface area contributed by atoms with E-state index < -0.39 is 0 Å². The summed E-state index contributed by atoms with van der Waals surface area (Å²) < 4.78 is 5.48. The summed E-state index contributed by atoms with van der Waals surface area (Å²) in [7, 11) is 0. The van der Waals surface area contributed by atoms with E-state index in [4.69, 9.17) is 9.68 Å². The van der Waals surface area contributed by atoms with E-state index in [0.29, 0.717) is 17.5 Å². The molecule has 0 fully saturated rings. The zero-order valence-electron chi connectivity index (χ0n) is 8.42. The number of aromatic nitrogens is 2. The van der Waals surface area contributed by atoms with Crippen molar-refractivity contribution in [1.82, 2.24) is 10.2 Å². The average molecular weight is 251 g/mol. The van der Waals surface area contributed by atoms with Gasteiger partial charge in [-0.3, -0.25) is 0 Å². The quantitative estimate of drug-likeness (QED) is 0.603. The highest BCUT2D eigenvalue weighted by atomic mass is 32.2. The molecule has 82 valence electrons. The summed E-state index contributed by atoms with van der Waals surface area (Å²) in [5.74, 6) is 1.40.